The third kappa shape index (κ3) is 4.46. The molecule has 0 bridgehead atoms. The van der Waals surface area contributed by atoms with Gasteiger partial charge in [0.15, 0.2) is 0 Å². The van der Waals surface area contributed by atoms with Crippen LogP contribution in [-0.2, 0) is 0 Å². The fourth-order valence-corrected chi connectivity index (χ4v) is 2.12. The van der Waals surface area contributed by atoms with Crippen LogP contribution in [0.1, 0.15) is 6.92 Å². The van der Waals surface area contributed by atoms with E-state index < -0.39 is 0 Å². The molecule has 0 aliphatic carbocycles. The van der Waals surface area contributed by atoms with Gasteiger partial charge in [-0.1, -0.05) is 11.6 Å². The fourth-order valence-electron chi connectivity index (χ4n) is 1.99. The van der Waals surface area contributed by atoms with Gasteiger partial charge in [0, 0.05) is 11.1 Å². The topological polar surface area (TPSA) is 39.7 Å². The van der Waals surface area contributed by atoms with Crippen LogP contribution in [-0.4, -0.2) is 26.9 Å². The highest BCUT2D eigenvalue weighted by atomic mass is 35.5. The molecule has 0 saturated carbocycles. The molecular formula is C17H20ClNO3. The zero-order chi connectivity index (χ0) is 15.9. The second-order valence-electron chi connectivity index (χ2n) is 4.83. The number of ether oxygens (including phenoxy) is 3. The lowest BCUT2D eigenvalue weighted by Crippen LogP contribution is -2.22. The lowest BCUT2D eigenvalue weighted by Gasteiger charge is -2.18. The summed E-state index contributed by atoms with van der Waals surface area (Å²) in [5.74, 6) is 2.32. The summed E-state index contributed by atoms with van der Waals surface area (Å²) in [5.41, 5.74) is 0.869. The third-order valence-corrected chi connectivity index (χ3v) is 3.39. The van der Waals surface area contributed by atoms with Crippen molar-refractivity contribution in [3.63, 3.8) is 0 Å². The number of methoxy groups -OCH3 is 2. The van der Waals surface area contributed by atoms with Gasteiger partial charge in [-0.05, 0) is 43.3 Å². The van der Waals surface area contributed by atoms with Gasteiger partial charge in [0.1, 0.15) is 23.4 Å². The van der Waals surface area contributed by atoms with E-state index >= 15 is 0 Å². The van der Waals surface area contributed by atoms with Crippen molar-refractivity contribution in [1.82, 2.24) is 0 Å². The van der Waals surface area contributed by atoms with Gasteiger partial charge in [-0.3, -0.25) is 0 Å². The molecule has 0 spiro atoms. The van der Waals surface area contributed by atoms with Crippen LogP contribution >= 0.6 is 11.6 Å². The van der Waals surface area contributed by atoms with Crippen LogP contribution in [0, 0.1) is 0 Å². The number of halogens is 1. The van der Waals surface area contributed by atoms with E-state index in [-0.39, 0.29) is 6.10 Å². The summed E-state index contributed by atoms with van der Waals surface area (Å²) >= 11 is 5.86. The van der Waals surface area contributed by atoms with Crippen molar-refractivity contribution >= 4 is 17.3 Å². The fraction of sp³-hybridized carbons (Fsp3) is 0.294. The Kier molecular flexibility index (Phi) is 5.78. The third-order valence-electron chi connectivity index (χ3n) is 3.14. The minimum atomic E-state index is -0.0166. The monoisotopic (exact) mass is 321 g/mol. The van der Waals surface area contributed by atoms with Crippen LogP contribution < -0.4 is 19.5 Å². The summed E-state index contributed by atoms with van der Waals surface area (Å²) in [6, 6.07) is 12.9. The second kappa shape index (κ2) is 7.80. The zero-order valence-corrected chi connectivity index (χ0v) is 13.7. The highest BCUT2D eigenvalue weighted by Gasteiger charge is 2.08. The second-order valence-corrected chi connectivity index (χ2v) is 5.27. The molecule has 22 heavy (non-hydrogen) atoms. The van der Waals surface area contributed by atoms with Crippen molar-refractivity contribution in [2.24, 2.45) is 0 Å². The van der Waals surface area contributed by atoms with Gasteiger partial charge in [-0.25, -0.2) is 0 Å². The molecule has 2 rings (SSSR count). The first-order valence-corrected chi connectivity index (χ1v) is 7.38. The summed E-state index contributed by atoms with van der Waals surface area (Å²) < 4.78 is 16.4. The predicted molar refractivity (Wildman–Crippen MR) is 89.6 cm³/mol. The minimum Gasteiger partial charge on any atom is -0.497 e. The largest absolute Gasteiger partial charge is 0.497 e. The van der Waals surface area contributed by atoms with Crippen molar-refractivity contribution < 1.29 is 14.2 Å². The molecule has 1 N–H and O–H groups in total. The van der Waals surface area contributed by atoms with E-state index in [0.29, 0.717) is 11.6 Å². The Morgan fingerprint density at radius 2 is 1.68 bits per heavy atom. The highest BCUT2D eigenvalue weighted by molar-refractivity contribution is 6.30. The Bertz CT molecular complexity index is 601. The molecule has 0 saturated heterocycles. The number of hydrogen-bond donors (Lipinski definition) is 1. The summed E-state index contributed by atoms with van der Waals surface area (Å²) in [4.78, 5) is 0. The van der Waals surface area contributed by atoms with Crippen molar-refractivity contribution in [1.29, 1.82) is 0 Å². The quantitative estimate of drug-likeness (QED) is 0.828. The van der Waals surface area contributed by atoms with Crippen LogP contribution in [0.3, 0.4) is 0 Å². The summed E-state index contributed by atoms with van der Waals surface area (Å²) in [6.45, 7) is 2.63. The Balaban J connectivity index is 1.95. The normalized spacial score (nSPS) is 11.6. The first-order valence-electron chi connectivity index (χ1n) is 7.00. The molecule has 118 valence electrons. The predicted octanol–water partition coefficient (Wildman–Crippen LogP) is 4.24. The molecule has 0 amide bonds. The first kappa shape index (κ1) is 16.3. The van der Waals surface area contributed by atoms with E-state index in [2.05, 4.69) is 5.32 Å². The SMILES string of the molecule is COc1ccc(OC)c(NCC(C)Oc2ccc(Cl)cc2)c1. The van der Waals surface area contributed by atoms with Gasteiger partial charge in [0.25, 0.3) is 0 Å². The Morgan fingerprint density at radius 3 is 2.32 bits per heavy atom. The number of rotatable bonds is 7. The van der Waals surface area contributed by atoms with Crippen molar-refractivity contribution in [3.8, 4) is 17.2 Å². The van der Waals surface area contributed by atoms with E-state index in [1.807, 2.05) is 49.4 Å². The Morgan fingerprint density at radius 1 is 1.00 bits per heavy atom. The molecule has 5 heteroatoms. The summed E-state index contributed by atoms with van der Waals surface area (Å²) in [7, 11) is 3.28. The molecular weight excluding hydrogens is 302 g/mol. The molecule has 1 unspecified atom stereocenters. The number of nitrogens with one attached hydrogen (secondary N) is 1. The molecule has 0 radical (unpaired) electrons. The van der Waals surface area contributed by atoms with E-state index in [9.17, 15) is 0 Å². The van der Waals surface area contributed by atoms with E-state index in [1.165, 1.54) is 0 Å². The lowest BCUT2D eigenvalue weighted by atomic mass is 10.2. The molecule has 0 fully saturated rings. The Hall–Kier alpha value is -2.07. The maximum Gasteiger partial charge on any atom is 0.142 e. The number of hydrogen-bond acceptors (Lipinski definition) is 4. The maximum absolute atomic E-state index is 5.86. The molecule has 1 atom stereocenters. The molecule has 2 aromatic rings. The summed E-state index contributed by atoms with van der Waals surface area (Å²) in [5, 5.41) is 4.01. The first-order chi connectivity index (χ1) is 10.6. The van der Waals surface area contributed by atoms with Gasteiger partial charge in [0.05, 0.1) is 26.5 Å². The lowest BCUT2D eigenvalue weighted by molar-refractivity contribution is 0.234. The molecule has 0 aliphatic heterocycles. The van der Waals surface area contributed by atoms with Crippen molar-refractivity contribution in [2.75, 3.05) is 26.1 Å². The molecule has 0 aromatic heterocycles. The van der Waals surface area contributed by atoms with Gasteiger partial charge >= 0.3 is 0 Å². The molecule has 0 aliphatic rings. The van der Waals surface area contributed by atoms with E-state index in [0.717, 1.165) is 22.9 Å². The van der Waals surface area contributed by atoms with Crippen LogP contribution in [0.5, 0.6) is 17.2 Å². The maximum atomic E-state index is 5.86. The van der Waals surface area contributed by atoms with Gasteiger partial charge < -0.3 is 19.5 Å². The van der Waals surface area contributed by atoms with Crippen LogP contribution in [0.2, 0.25) is 5.02 Å². The number of benzene rings is 2. The summed E-state index contributed by atoms with van der Waals surface area (Å²) in [6.07, 6.45) is -0.0166. The van der Waals surface area contributed by atoms with Gasteiger partial charge in [-0.15, -0.1) is 0 Å². The van der Waals surface area contributed by atoms with E-state index in [1.54, 1.807) is 14.2 Å². The van der Waals surface area contributed by atoms with Crippen molar-refractivity contribution in [3.05, 3.63) is 47.5 Å². The van der Waals surface area contributed by atoms with Crippen LogP contribution in [0.4, 0.5) is 5.69 Å². The smallest absolute Gasteiger partial charge is 0.142 e. The van der Waals surface area contributed by atoms with Crippen molar-refractivity contribution in [2.45, 2.75) is 13.0 Å². The minimum absolute atomic E-state index is 0.0166. The number of anilines is 1. The highest BCUT2D eigenvalue weighted by Crippen LogP contribution is 2.29. The Labute approximate surface area is 136 Å². The standard InChI is InChI=1S/C17H20ClNO3/c1-12(22-14-6-4-13(18)5-7-14)11-19-16-10-15(20-2)8-9-17(16)21-3/h4-10,12,19H,11H2,1-3H3. The van der Waals surface area contributed by atoms with Gasteiger partial charge in [0.2, 0.25) is 0 Å². The molecule has 4 nitrogen and oxygen atoms in total. The zero-order valence-electron chi connectivity index (χ0n) is 12.9. The molecule has 2 aromatic carbocycles. The van der Waals surface area contributed by atoms with Gasteiger partial charge in [-0.2, -0.15) is 0 Å². The average Bonchev–Trinajstić information content (AvgIpc) is 2.54. The molecule has 0 heterocycles. The van der Waals surface area contributed by atoms with Crippen LogP contribution in [0.15, 0.2) is 42.5 Å². The average molecular weight is 322 g/mol. The van der Waals surface area contributed by atoms with E-state index in [4.69, 9.17) is 25.8 Å². The van der Waals surface area contributed by atoms with Crippen LogP contribution in [0.25, 0.3) is 0 Å².